The van der Waals surface area contributed by atoms with Crippen LogP contribution in [0.3, 0.4) is 0 Å². The molecule has 6 heteroatoms. The van der Waals surface area contributed by atoms with Gasteiger partial charge >= 0.3 is 0 Å². The van der Waals surface area contributed by atoms with Crippen LogP contribution in [0.5, 0.6) is 0 Å². The third-order valence-electron chi connectivity index (χ3n) is 3.80. The van der Waals surface area contributed by atoms with Crippen molar-refractivity contribution in [2.75, 3.05) is 18.0 Å². The first kappa shape index (κ1) is 15.8. The summed E-state index contributed by atoms with van der Waals surface area (Å²) in [6.07, 6.45) is 7.15. The lowest BCUT2D eigenvalue weighted by Gasteiger charge is -2.29. The molecule has 1 aromatic heterocycles. The Morgan fingerprint density at radius 3 is 2.57 bits per heavy atom. The number of halogens is 2. The summed E-state index contributed by atoms with van der Waals surface area (Å²) in [5.41, 5.74) is 2.63. The average Bonchev–Trinajstić information content (AvgIpc) is 2.59. The zero-order chi connectivity index (χ0) is 16.2. The van der Waals surface area contributed by atoms with Gasteiger partial charge in [0.25, 0.3) is 0 Å². The van der Waals surface area contributed by atoms with Crippen molar-refractivity contribution < 1.29 is 0 Å². The normalized spacial score (nSPS) is 14.5. The van der Waals surface area contributed by atoms with Gasteiger partial charge in [-0.1, -0.05) is 34.9 Å². The minimum absolute atomic E-state index is 0.335. The van der Waals surface area contributed by atoms with Gasteiger partial charge in [0.15, 0.2) is 5.69 Å². The van der Waals surface area contributed by atoms with Crippen LogP contribution in [0.25, 0.3) is 6.08 Å². The van der Waals surface area contributed by atoms with Gasteiger partial charge in [0.05, 0.1) is 12.4 Å². The number of anilines is 1. The molecule has 1 aliphatic heterocycles. The quantitative estimate of drug-likeness (QED) is 0.813. The summed E-state index contributed by atoms with van der Waals surface area (Å²) in [7, 11) is 0. The molecule has 0 amide bonds. The molecule has 0 radical (unpaired) electrons. The van der Waals surface area contributed by atoms with Crippen molar-refractivity contribution >= 4 is 35.1 Å². The molecule has 0 spiro atoms. The molecule has 4 nitrogen and oxygen atoms in total. The molecule has 1 aromatic carbocycles. The summed E-state index contributed by atoms with van der Waals surface area (Å²) in [6, 6.07) is 7.47. The van der Waals surface area contributed by atoms with Crippen LogP contribution in [0.15, 0.2) is 36.2 Å². The van der Waals surface area contributed by atoms with Crippen molar-refractivity contribution in [3.8, 4) is 6.07 Å². The Hall–Kier alpha value is -2.09. The zero-order valence-corrected chi connectivity index (χ0v) is 13.8. The second-order valence-electron chi connectivity index (χ2n) is 5.33. The summed E-state index contributed by atoms with van der Waals surface area (Å²) in [6.45, 7) is 1.73. The smallest absolute Gasteiger partial charge is 0.158 e. The standard InChI is InChI=1S/C17H14Cl2N4/c18-14-1-2-16(19)13(8-14)7-12-3-5-23(6-4-12)17-11-21-15(9-20)10-22-17/h1-2,7-8,10-11H,3-6H2. The lowest BCUT2D eigenvalue weighted by molar-refractivity contribution is 0.679. The maximum Gasteiger partial charge on any atom is 0.158 e. The maximum absolute atomic E-state index is 8.76. The highest BCUT2D eigenvalue weighted by Gasteiger charge is 2.16. The predicted molar refractivity (Wildman–Crippen MR) is 92.6 cm³/mol. The highest BCUT2D eigenvalue weighted by molar-refractivity contribution is 6.34. The van der Waals surface area contributed by atoms with E-state index in [4.69, 9.17) is 28.5 Å². The molecule has 0 bridgehead atoms. The minimum Gasteiger partial charge on any atom is -0.355 e. The van der Waals surface area contributed by atoms with Crippen LogP contribution >= 0.6 is 23.2 Å². The first-order valence-corrected chi connectivity index (χ1v) is 8.03. The Bertz CT molecular complexity index is 768. The van der Waals surface area contributed by atoms with Crippen LogP contribution in [0, 0.1) is 11.3 Å². The van der Waals surface area contributed by atoms with Gasteiger partial charge in [-0.2, -0.15) is 5.26 Å². The summed E-state index contributed by atoms with van der Waals surface area (Å²) < 4.78 is 0. The molecule has 0 N–H and O–H groups in total. The number of rotatable bonds is 2. The van der Waals surface area contributed by atoms with Crippen molar-refractivity contribution in [3.63, 3.8) is 0 Å². The highest BCUT2D eigenvalue weighted by Crippen LogP contribution is 2.27. The van der Waals surface area contributed by atoms with Crippen LogP contribution in [-0.2, 0) is 0 Å². The van der Waals surface area contributed by atoms with Crippen LogP contribution in [-0.4, -0.2) is 23.1 Å². The van der Waals surface area contributed by atoms with E-state index in [1.807, 2.05) is 18.2 Å². The molecule has 2 aromatic rings. The minimum atomic E-state index is 0.335. The van der Waals surface area contributed by atoms with E-state index in [1.165, 1.54) is 11.8 Å². The fourth-order valence-corrected chi connectivity index (χ4v) is 2.91. The predicted octanol–water partition coefficient (Wildman–Crippen LogP) is 4.34. The van der Waals surface area contributed by atoms with E-state index in [-0.39, 0.29) is 0 Å². The second kappa shape index (κ2) is 6.99. The van der Waals surface area contributed by atoms with Crippen molar-refractivity contribution in [3.05, 3.63) is 57.5 Å². The largest absolute Gasteiger partial charge is 0.355 e. The Morgan fingerprint density at radius 2 is 1.91 bits per heavy atom. The summed E-state index contributed by atoms with van der Waals surface area (Å²) in [4.78, 5) is 10.5. The van der Waals surface area contributed by atoms with Crippen LogP contribution < -0.4 is 4.90 Å². The Morgan fingerprint density at radius 1 is 1.13 bits per heavy atom. The fourth-order valence-electron chi connectivity index (χ4n) is 2.55. The average molecular weight is 345 g/mol. The molecule has 3 rings (SSSR count). The first-order chi connectivity index (χ1) is 11.2. The number of hydrogen-bond acceptors (Lipinski definition) is 4. The van der Waals surface area contributed by atoms with Gasteiger partial charge in [-0.15, -0.1) is 0 Å². The van der Waals surface area contributed by atoms with Crippen molar-refractivity contribution in [1.82, 2.24) is 9.97 Å². The lowest BCUT2D eigenvalue weighted by atomic mass is 10.0. The fraction of sp³-hybridized carbons (Fsp3) is 0.235. The van der Waals surface area contributed by atoms with Gasteiger partial charge in [0.1, 0.15) is 11.9 Å². The number of nitriles is 1. The molecule has 2 heterocycles. The topological polar surface area (TPSA) is 52.8 Å². The van der Waals surface area contributed by atoms with Gasteiger partial charge in [0.2, 0.25) is 0 Å². The Kier molecular flexibility index (Phi) is 4.80. The van der Waals surface area contributed by atoms with Gasteiger partial charge in [-0.3, -0.25) is 0 Å². The molecule has 1 fully saturated rings. The molecule has 23 heavy (non-hydrogen) atoms. The molecule has 1 saturated heterocycles. The van der Waals surface area contributed by atoms with Crippen LogP contribution in [0.1, 0.15) is 24.1 Å². The van der Waals surface area contributed by atoms with Gasteiger partial charge < -0.3 is 4.90 Å². The molecular formula is C17H14Cl2N4. The molecule has 1 aliphatic rings. The number of aromatic nitrogens is 2. The van der Waals surface area contributed by atoms with Gasteiger partial charge in [0, 0.05) is 23.1 Å². The van der Waals surface area contributed by atoms with Crippen molar-refractivity contribution in [2.24, 2.45) is 0 Å². The summed E-state index contributed by atoms with van der Waals surface area (Å²) >= 11 is 12.2. The molecule has 0 aliphatic carbocycles. The zero-order valence-electron chi connectivity index (χ0n) is 12.3. The molecule has 0 saturated carbocycles. The van der Waals surface area contributed by atoms with E-state index < -0.39 is 0 Å². The summed E-state index contributed by atoms with van der Waals surface area (Å²) in [5.74, 6) is 0.809. The van der Waals surface area contributed by atoms with Crippen LogP contribution in [0.4, 0.5) is 5.82 Å². The third kappa shape index (κ3) is 3.82. The third-order valence-corrected chi connectivity index (χ3v) is 4.38. The summed E-state index contributed by atoms with van der Waals surface area (Å²) in [5, 5.41) is 10.2. The number of piperidine rings is 1. The van der Waals surface area contributed by atoms with E-state index in [9.17, 15) is 0 Å². The molecule has 0 atom stereocenters. The lowest BCUT2D eigenvalue weighted by Crippen LogP contribution is -2.31. The van der Waals surface area contributed by atoms with E-state index >= 15 is 0 Å². The molecule has 0 unspecified atom stereocenters. The Balaban J connectivity index is 1.69. The van der Waals surface area contributed by atoms with E-state index in [1.54, 1.807) is 12.3 Å². The van der Waals surface area contributed by atoms with Crippen molar-refractivity contribution in [1.29, 1.82) is 5.26 Å². The number of nitrogens with zero attached hydrogens (tertiary/aromatic N) is 4. The van der Waals surface area contributed by atoms with Gasteiger partial charge in [-0.05, 0) is 36.6 Å². The van der Waals surface area contributed by atoms with E-state index in [2.05, 4.69) is 20.9 Å². The molecular weight excluding hydrogens is 331 g/mol. The molecule has 116 valence electrons. The SMILES string of the molecule is N#Cc1cnc(N2CCC(=Cc3cc(Cl)ccc3Cl)CC2)cn1. The Labute approximate surface area is 145 Å². The van der Waals surface area contributed by atoms with Gasteiger partial charge in [-0.25, -0.2) is 9.97 Å². The second-order valence-corrected chi connectivity index (χ2v) is 6.17. The van der Waals surface area contributed by atoms with Crippen molar-refractivity contribution in [2.45, 2.75) is 12.8 Å². The monoisotopic (exact) mass is 344 g/mol. The number of hydrogen-bond donors (Lipinski definition) is 0. The van der Waals surface area contributed by atoms with E-state index in [0.29, 0.717) is 15.7 Å². The first-order valence-electron chi connectivity index (χ1n) is 7.27. The van der Waals surface area contributed by atoms with Crippen LogP contribution in [0.2, 0.25) is 10.0 Å². The highest BCUT2D eigenvalue weighted by atomic mass is 35.5. The maximum atomic E-state index is 8.76. The number of benzene rings is 1. The van der Waals surface area contributed by atoms with E-state index in [0.717, 1.165) is 37.3 Å².